The summed E-state index contributed by atoms with van der Waals surface area (Å²) in [7, 11) is 2.27. The van der Waals surface area contributed by atoms with Gasteiger partial charge in [0, 0.05) is 38.8 Å². The second-order valence-corrected chi connectivity index (χ2v) is 5.98. The molecular formula is C14H29N3. The molecule has 2 aliphatic heterocycles. The molecule has 0 saturated carbocycles. The molecule has 3 nitrogen and oxygen atoms in total. The number of piperidine rings is 1. The van der Waals surface area contributed by atoms with E-state index < -0.39 is 0 Å². The zero-order valence-electron chi connectivity index (χ0n) is 11.6. The minimum Gasteiger partial charge on any atom is -0.314 e. The highest BCUT2D eigenvalue weighted by Crippen LogP contribution is 2.21. The lowest BCUT2D eigenvalue weighted by molar-refractivity contribution is 0.152. The van der Waals surface area contributed by atoms with Crippen LogP contribution >= 0.6 is 0 Å². The largest absolute Gasteiger partial charge is 0.314 e. The molecule has 17 heavy (non-hydrogen) atoms. The van der Waals surface area contributed by atoms with Crippen molar-refractivity contribution in [3.63, 3.8) is 0 Å². The predicted octanol–water partition coefficient (Wildman–Crippen LogP) is 1.40. The van der Waals surface area contributed by atoms with Gasteiger partial charge >= 0.3 is 0 Å². The molecule has 0 aromatic carbocycles. The van der Waals surface area contributed by atoms with Crippen LogP contribution in [0.3, 0.4) is 0 Å². The zero-order valence-corrected chi connectivity index (χ0v) is 11.6. The van der Waals surface area contributed by atoms with Gasteiger partial charge in [0.05, 0.1) is 0 Å². The summed E-state index contributed by atoms with van der Waals surface area (Å²) in [6.07, 6.45) is 5.68. The molecule has 0 radical (unpaired) electrons. The Morgan fingerprint density at radius 1 is 1.24 bits per heavy atom. The number of hydrogen-bond acceptors (Lipinski definition) is 3. The van der Waals surface area contributed by atoms with E-state index in [1.165, 1.54) is 65.0 Å². The smallest absolute Gasteiger partial charge is 0.0110 e. The highest BCUT2D eigenvalue weighted by atomic mass is 15.2. The van der Waals surface area contributed by atoms with Crippen molar-refractivity contribution in [2.75, 3.05) is 46.3 Å². The summed E-state index contributed by atoms with van der Waals surface area (Å²) in [6.45, 7) is 9.89. The average molecular weight is 239 g/mol. The van der Waals surface area contributed by atoms with Crippen molar-refractivity contribution >= 4 is 0 Å². The molecule has 0 spiro atoms. The van der Waals surface area contributed by atoms with E-state index in [2.05, 4.69) is 29.1 Å². The summed E-state index contributed by atoms with van der Waals surface area (Å²) in [5.74, 6) is 0.958. The van der Waals surface area contributed by atoms with E-state index in [9.17, 15) is 0 Å². The number of nitrogens with zero attached hydrogens (tertiary/aromatic N) is 2. The topological polar surface area (TPSA) is 18.5 Å². The molecule has 0 aromatic rings. The molecule has 0 bridgehead atoms. The van der Waals surface area contributed by atoms with Crippen molar-refractivity contribution in [2.24, 2.45) is 5.92 Å². The fraction of sp³-hybridized carbons (Fsp3) is 1.00. The van der Waals surface area contributed by atoms with Crippen molar-refractivity contribution in [1.29, 1.82) is 0 Å². The van der Waals surface area contributed by atoms with E-state index in [1.54, 1.807) is 0 Å². The van der Waals surface area contributed by atoms with Crippen LogP contribution in [-0.4, -0.2) is 62.2 Å². The molecular weight excluding hydrogens is 210 g/mol. The van der Waals surface area contributed by atoms with Gasteiger partial charge in [-0.1, -0.05) is 0 Å². The van der Waals surface area contributed by atoms with Crippen LogP contribution in [0.15, 0.2) is 0 Å². The van der Waals surface area contributed by atoms with Gasteiger partial charge in [-0.05, 0) is 52.1 Å². The van der Waals surface area contributed by atoms with E-state index in [0.717, 1.165) is 12.0 Å². The zero-order chi connectivity index (χ0) is 12.1. The first-order chi connectivity index (χ1) is 8.25. The maximum absolute atomic E-state index is 3.43. The third-order valence-electron chi connectivity index (χ3n) is 4.49. The summed E-state index contributed by atoms with van der Waals surface area (Å²) in [6, 6.07) is 0.782. The molecule has 2 rings (SSSR count). The summed E-state index contributed by atoms with van der Waals surface area (Å²) >= 11 is 0. The van der Waals surface area contributed by atoms with Crippen molar-refractivity contribution in [2.45, 2.75) is 38.6 Å². The SMILES string of the molecule is CC(CCC1CCCN(C)C1)N1CCNCC1. The number of nitrogens with one attached hydrogen (secondary N) is 1. The number of rotatable bonds is 4. The Bertz CT molecular complexity index is 214. The van der Waals surface area contributed by atoms with Crippen LogP contribution in [0.4, 0.5) is 0 Å². The van der Waals surface area contributed by atoms with Gasteiger partial charge in [-0.15, -0.1) is 0 Å². The fourth-order valence-electron chi connectivity index (χ4n) is 3.29. The van der Waals surface area contributed by atoms with Crippen LogP contribution in [0.2, 0.25) is 0 Å². The Hall–Kier alpha value is -0.120. The molecule has 2 aliphatic rings. The second kappa shape index (κ2) is 6.72. The lowest BCUT2D eigenvalue weighted by Crippen LogP contribution is -2.47. The third kappa shape index (κ3) is 4.23. The van der Waals surface area contributed by atoms with Crippen molar-refractivity contribution in [1.82, 2.24) is 15.1 Å². The van der Waals surface area contributed by atoms with Crippen LogP contribution in [0.5, 0.6) is 0 Å². The van der Waals surface area contributed by atoms with Gasteiger partial charge in [0.1, 0.15) is 0 Å². The van der Waals surface area contributed by atoms with E-state index in [4.69, 9.17) is 0 Å². The molecule has 1 N–H and O–H groups in total. The fourth-order valence-corrected chi connectivity index (χ4v) is 3.29. The molecule has 0 aliphatic carbocycles. The summed E-state index contributed by atoms with van der Waals surface area (Å²) in [5.41, 5.74) is 0. The molecule has 2 heterocycles. The monoisotopic (exact) mass is 239 g/mol. The van der Waals surface area contributed by atoms with Gasteiger partial charge in [0.25, 0.3) is 0 Å². The highest BCUT2D eigenvalue weighted by molar-refractivity contribution is 4.76. The van der Waals surface area contributed by atoms with Gasteiger partial charge in [-0.3, -0.25) is 4.90 Å². The van der Waals surface area contributed by atoms with Crippen LogP contribution in [0, 0.1) is 5.92 Å². The highest BCUT2D eigenvalue weighted by Gasteiger charge is 2.20. The Morgan fingerprint density at radius 2 is 2.00 bits per heavy atom. The molecule has 2 saturated heterocycles. The molecule has 2 atom stereocenters. The van der Waals surface area contributed by atoms with Crippen LogP contribution < -0.4 is 5.32 Å². The predicted molar refractivity (Wildman–Crippen MR) is 73.4 cm³/mol. The van der Waals surface area contributed by atoms with Crippen molar-refractivity contribution < 1.29 is 0 Å². The standard InChI is InChI=1S/C14H29N3/c1-13(17-10-7-15-8-11-17)5-6-14-4-3-9-16(2)12-14/h13-15H,3-12H2,1-2H3. The molecule has 0 aromatic heterocycles. The third-order valence-corrected chi connectivity index (χ3v) is 4.49. The van der Waals surface area contributed by atoms with E-state index in [1.807, 2.05) is 0 Å². The van der Waals surface area contributed by atoms with Gasteiger partial charge in [-0.2, -0.15) is 0 Å². The number of piperazine rings is 1. The second-order valence-electron chi connectivity index (χ2n) is 5.98. The Morgan fingerprint density at radius 3 is 2.71 bits per heavy atom. The molecule has 3 heteroatoms. The maximum Gasteiger partial charge on any atom is 0.0110 e. The van der Waals surface area contributed by atoms with Crippen LogP contribution in [0.1, 0.15) is 32.6 Å². The minimum atomic E-state index is 0.782. The van der Waals surface area contributed by atoms with Gasteiger partial charge in [-0.25, -0.2) is 0 Å². The molecule has 2 unspecified atom stereocenters. The van der Waals surface area contributed by atoms with Crippen molar-refractivity contribution in [3.05, 3.63) is 0 Å². The number of likely N-dealkylation sites (tertiary alicyclic amines) is 1. The molecule has 100 valence electrons. The molecule has 2 fully saturated rings. The number of hydrogen-bond donors (Lipinski definition) is 1. The first kappa shape index (κ1) is 13.3. The quantitative estimate of drug-likeness (QED) is 0.800. The summed E-state index contributed by atoms with van der Waals surface area (Å²) < 4.78 is 0. The minimum absolute atomic E-state index is 0.782. The average Bonchev–Trinajstić information content (AvgIpc) is 2.37. The normalized spacial score (nSPS) is 30.4. The molecule has 0 amide bonds. The van der Waals surface area contributed by atoms with Crippen LogP contribution in [-0.2, 0) is 0 Å². The van der Waals surface area contributed by atoms with Crippen LogP contribution in [0.25, 0.3) is 0 Å². The van der Waals surface area contributed by atoms with E-state index in [-0.39, 0.29) is 0 Å². The first-order valence-corrected chi connectivity index (χ1v) is 7.39. The van der Waals surface area contributed by atoms with E-state index >= 15 is 0 Å². The first-order valence-electron chi connectivity index (χ1n) is 7.39. The van der Waals surface area contributed by atoms with Gasteiger partial charge in [0.15, 0.2) is 0 Å². The Balaban J connectivity index is 1.66. The van der Waals surface area contributed by atoms with Gasteiger partial charge < -0.3 is 10.2 Å². The van der Waals surface area contributed by atoms with Crippen molar-refractivity contribution in [3.8, 4) is 0 Å². The van der Waals surface area contributed by atoms with Gasteiger partial charge in [0.2, 0.25) is 0 Å². The Labute approximate surface area is 107 Å². The maximum atomic E-state index is 3.43. The summed E-state index contributed by atoms with van der Waals surface area (Å²) in [4.78, 5) is 5.16. The summed E-state index contributed by atoms with van der Waals surface area (Å²) in [5, 5.41) is 3.43. The lowest BCUT2D eigenvalue weighted by atomic mass is 9.92. The Kier molecular flexibility index (Phi) is 5.26. The lowest BCUT2D eigenvalue weighted by Gasteiger charge is -2.35. The van der Waals surface area contributed by atoms with E-state index in [0.29, 0.717) is 0 Å².